The summed E-state index contributed by atoms with van der Waals surface area (Å²) in [6.07, 6.45) is -0.142. The lowest BCUT2D eigenvalue weighted by Crippen LogP contribution is -2.40. The number of benzene rings is 1. The molecule has 0 heterocycles. The molecule has 5 nitrogen and oxygen atoms in total. The molecule has 1 aromatic rings. The molecule has 0 spiro atoms. The van der Waals surface area contributed by atoms with Crippen LogP contribution in [0, 0.1) is 5.41 Å². The summed E-state index contributed by atoms with van der Waals surface area (Å²) in [7, 11) is 0. The molecule has 0 amide bonds. The SMILES string of the molecule is CCC(Oc1cc(O)ccc1O)C(C)(C)C(=O)O. The summed E-state index contributed by atoms with van der Waals surface area (Å²) in [5, 5.41) is 28.1. The Kier molecular flexibility index (Phi) is 4.06. The van der Waals surface area contributed by atoms with Gasteiger partial charge >= 0.3 is 5.97 Å². The maximum absolute atomic E-state index is 11.2. The van der Waals surface area contributed by atoms with Crippen molar-refractivity contribution in [3.05, 3.63) is 18.2 Å². The monoisotopic (exact) mass is 254 g/mol. The molecule has 100 valence electrons. The van der Waals surface area contributed by atoms with Crippen LogP contribution in [0.25, 0.3) is 0 Å². The Morgan fingerprint density at radius 2 is 2.00 bits per heavy atom. The highest BCUT2D eigenvalue weighted by molar-refractivity contribution is 5.74. The molecule has 1 atom stereocenters. The van der Waals surface area contributed by atoms with Gasteiger partial charge in [-0.3, -0.25) is 4.79 Å². The van der Waals surface area contributed by atoms with Crippen molar-refractivity contribution in [2.45, 2.75) is 33.3 Å². The molecule has 0 saturated carbocycles. The van der Waals surface area contributed by atoms with Crippen LogP contribution in [0.15, 0.2) is 18.2 Å². The third-order valence-electron chi connectivity index (χ3n) is 2.94. The number of carboxylic acids is 1. The van der Waals surface area contributed by atoms with Crippen molar-refractivity contribution in [1.82, 2.24) is 0 Å². The Balaban J connectivity index is 3.00. The van der Waals surface area contributed by atoms with Crippen molar-refractivity contribution in [3.8, 4) is 17.2 Å². The molecule has 0 bridgehead atoms. The molecular weight excluding hydrogens is 236 g/mol. The van der Waals surface area contributed by atoms with Gasteiger partial charge in [0.25, 0.3) is 0 Å². The van der Waals surface area contributed by atoms with E-state index < -0.39 is 17.5 Å². The molecule has 0 aliphatic heterocycles. The first-order valence-corrected chi connectivity index (χ1v) is 5.71. The minimum absolute atomic E-state index is 0.0502. The number of hydrogen-bond donors (Lipinski definition) is 3. The van der Waals surface area contributed by atoms with Crippen LogP contribution in [-0.4, -0.2) is 27.4 Å². The standard InChI is InChI=1S/C13H18O5/c1-4-11(13(2,3)12(16)17)18-10-7-8(14)5-6-9(10)15/h5-7,11,14-15H,4H2,1-3H3,(H,16,17). The van der Waals surface area contributed by atoms with Crippen molar-refractivity contribution in [1.29, 1.82) is 0 Å². The second-order valence-electron chi connectivity index (χ2n) is 4.69. The second kappa shape index (κ2) is 5.16. The number of ether oxygens (including phenoxy) is 1. The molecule has 1 aromatic carbocycles. The van der Waals surface area contributed by atoms with E-state index in [1.165, 1.54) is 18.2 Å². The van der Waals surface area contributed by atoms with Gasteiger partial charge < -0.3 is 20.1 Å². The molecule has 0 fully saturated rings. The van der Waals surface area contributed by atoms with Gasteiger partial charge in [0.1, 0.15) is 11.9 Å². The zero-order valence-electron chi connectivity index (χ0n) is 10.7. The lowest BCUT2D eigenvalue weighted by molar-refractivity contribution is -0.152. The van der Waals surface area contributed by atoms with E-state index in [0.29, 0.717) is 6.42 Å². The van der Waals surface area contributed by atoms with Gasteiger partial charge in [-0.1, -0.05) is 6.92 Å². The van der Waals surface area contributed by atoms with E-state index in [2.05, 4.69) is 0 Å². The maximum atomic E-state index is 11.2. The zero-order valence-corrected chi connectivity index (χ0v) is 10.7. The third kappa shape index (κ3) is 2.85. The summed E-state index contributed by atoms with van der Waals surface area (Å²) < 4.78 is 5.51. The van der Waals surface area contributed by atoms with Crippen LogP contribution in [-0.2, 0) is 4.79 Å². The van der Waals surface area contributed by atoms with Crippen LogP contribution in [0.2, 0.25) is 0 Å². The van der Waals surface area contributed by atoms with Gasteiger partial charge in [-0.2, -0.15) is 0 Å². The topological polar surface area (TPSA) is 87.0 Å². The lowest BCUT2D eigenvalue weighted by Gasteiger charge is -2.30. The Hall–Kier alpha value is -1.91. The Labute approximate surface area is 106 Å². The number of phenolic OH excluding ortho intramolecular Hbond substituents is 2. The minimum Gasteiger partial charge on any atom is -0.508 e. The van der Waals surface area contributed by atoms with Gasteiger partial charge in [0.15, 0.2) is 11.5 Å². The number of carbonyl (C=O) groups is 1. The van der Waals surface area contributed by atoms with E-state index in [1.54, 1.807) is 20.8 Å². The Morgan fingerprint density at radius 1 is 1.39 bits per heavy atom. The number of aliphatic carboxylic acids is 1. The van der Waals surface area contributed by atoms with E-state index in [-0.39, 0.29) is 17.2 Å². The Morgan fingerprint density at radius 3 is 2.50 bits per heavy atom. The fraction of sp³-hybridized carbons (Fsp3) is 0.462. The lowest BCUT2D eigenvalue weighted by atomic mass is 9.85. The molecule has 0 aromatic heterocycles. The number of hydrogen-bond acceptors (Lipinski definition) is 4. The van der Waals surface area contributed by atoms with Gasteiger partial charge in [0.2, 0.25) is 0 Å². The van der Waals surface area contributed by atoms with E-state index >= 15 is 0 Å². The molecule has 5 heteroatoms. The van der Waals surface area contributed by atoms with Gasteiger partial charge in [0.05, 0.1) is 5.41 Å². The summed E-state index contributed by atoms with van der Waals surface area (Å²) >= 11 is 0. The summed E-state index contributed by atoms with van der Waals surface area (Å²) in [5.41, 5.74) is -1.09. The van der Waals surface area contributed by atoms with Crippen molar-refractivity contribution in [2.24, 2.45) is 5.41 Å². The molecule has 18 heavy (non-hydrogen) atoms. The smallest absolute Gasteiger partial charge is 0.312 e. The van der Waals surface area contributed by atoms with Crippen LogP contribution in [0.5, 0.6) is 17.2 Å². The maximum Gasteiger partial charge on any atom is 0.312 e. The van der Waals surface area contributed by atoms with Crippen LogP contribution in [0.1, 0.15) is 27.2 Å². The first kappa shape index (κ1) is 14.2. The summed E-state index contributed by atoms with van der Waals surface area (Å²) in [6, 6.07) is 3.88. The number of carboxylic acid groups (broad SMARTS) is 1. The highest BCUT2D eigenvalue weighted by atomic mass is 16.5. The van der Waals surface area contributed by atoms with Crippen molar-refractivity contribution < 1.29 is 24.9 Å². The second-order valence-corrected chi connectivity index (χ2v) is 4.69. The Bertz CT molecular complexity index is 439. The van der Waals surface area contributed by atoms with Crippen molar-refractivity contribution >= 4 is 5.97 Å². The normalized spacial score (nSPS) is 13.1. The van der Waals surface area contributed by atoms with Crippen molar-refractivity contribution in [2.75, 3.05) is 0 Å². The van der Waals surface area contributed by atoms with Crippen LogP contribution in [0.3, 0.4) is 0 Å². The highest BCUT2D eigenvalue weighted by Crippen LogP contribution is 2.34. The van der Waals surface area contributed by atoms with Crippen molar-refractivity contribution in [3.63, 3.8) is 0 Å². The van der Waals surface area contributed by atoms with Gasteiger partial charge in [0, 0.05) is 6.07 Å². The molecule has 0 aliphatic carbocycles. The van der Waals surface area contributed by atoms with E-state index in [4.69, 9.17) is 9.84 Å². The summed E-state index contributed by atoms with van der Waals surface area (Å²) in [4.78, 5) is 11.2. The molecule has 1 unspecified atom stereocenters. The predicted octanol–water partition coefficient (Wildman–Crippen LogP) is 2.37. The van der Waals surface area contributed by atoms with E-state index in [9.17, 15) is 15.0 Å². The summed E-state index contributed by atoms with van der Waals surface area (Å²) in [5.74, 6) is -1.08. The first-order chi connectivity index (χ1) is 8.28. The molecule has 0 radical (unpaired) electrons. The van der Waals surface area contributed by atoms with Crippen LogP contribution >= 0.6 is 0 Å². The van der Waals surface area contributed by atoms with Gasteiger partial charge in [-0.25, -0.2) is 0 Å². The number of aromatic hydroxyl groups is 2. The zero-order chi connectivity index (χ0) is 13.9. The van der Waals surface area contributed by atoms with Gasteiger partial charge in [-0.15, -0.1) is 0 Å². The fourth-order valence-corrected chi connectivity index (χ4v) is 1.63. The quantitative estimate of drug-likeness (QED) is 0.702. The number of rotatable bonds is 5. The highest BCUT2D eigenvalue weighted by Gasteiger charge is 2.38. The molecule has 1 rings (SSSR count). The van der Waals surface area contributed by atoms with E-state index in [1.807, 2.05) is 0 Å². The third-order valence-corrected chi connectivity index (χ3v) is 2.94. The van der Waals surface area contributed by atoms with E-state index in [0.717, 1.165) is 0 Å². The average Bonchev–Trinajstić information content (AvgIpc) is 2.29. The molecule has 0 saturated heterocycles. The van der Waals surface area contributed by atoms with Gasteiger partial charge in [-0.05, 0) is 32.4 Å². The first-order valence-electron chi connectivity index (χ1n) is 5.71. The average molecular weight is 254 g/mol. The fourth-order valence-electron chi connectivity index (χ4n) is 1.63. The largest absolute Gasteiger partial charge is 0.508 e. The molecule has 0 aliphatic rings. The molecule has 3 N–H and O–H groups in total. The van der Waals surface area contributed by atoms with Crippen LogP contribution in [0.4, 0.5) is 0 Å². The minimum atomic E-state index is -1.09. The summed E-state index contributed by atoms with van der Waals surface area (Å²) in [6.45, 7) is 4.92. The number of phenols is 2. The molecular formula is C13H18O5. The predicted molar refractivity (Wildman–Crippen MR) is 65.9 cm³/mol. The van der Waals surface area contributed by atoms with Crippen LogP contribution < -0.4 is 4.74 Å².